The molecule has 0 heterocycles. The van der Waals surface area contributed by atoms with Crippen LogP contribution in [0.3, 0.4) is 0 Å². The summed E-state index contributed by atoms with van der Waals surface area (Å²) in [7, 11) is 0. The van der Waals surface area contributed by atoms with E-state index in [9.17, 15) is 4.79 Å². The maximum Gasteiger partial charge on any atom is 0.223 e. The molecule has 0 aromatic heterocycles. The summed E-state index contributed by atoms with van der Waals surface area (Å²) in [5.41, 5.74) is 5.33. The van der Waals surface area contributed by atoms with E-state index in [1.807, 2.05) is 0 Å². The highest BCUT2D eigenvalue weighted by Crippen LogP contribution is 2.30. The first-order valence-electron chi connectivity index (χ1n) is 6.80. The zero-order valence-electron chi connectivity index (χ0n) is 11.8. The first kappa shape index (κ1) is 15.0. The van der Waals surface area contributed by atoms with Crippen LogP contribution in [0.4, 0.5) is 0 Å². The predicted octanol–water partition coefficient (Wildman–Crippen LogP) is 1.95. The molecule has 18 heavy (non-hydrogen) atoms. The molecule has 0 aromatic rings. The first-order valence-corrected chi connectivity index (χ1v) is 6.80. The molecule has 4 heteroatoms. The number of hydrogen-bond acceptors (Lipinski definition) is 3. The van der Waals surface area contributed by atoms with Gasteiger partial charge in [-0.15, -0.1) is 0 Å². The number of amides is 1. The number of nitrogens with zero attached hydrogens (tertiary/aromatic N) is 1. The lowest BCUT2D eigenvalue weighted by Crippen LogP contribution is -2.45. The van der Waals surface area contributed by atoms with Gasteiger partial charge in [-0.25, -0.2) is 0 Å². The Kier molecular flexibility index (Phi) is 4.75. The molecule has 102 valence electrons. The molecule has 1 fully saturated rings. The molecule has 1 rings (SSSR count). The van der Waals surface area contributed by atoms with E-state index < -0.39 is 5.54 Å². The van der Waals surface area contributed by atoms with Crippen molar-refractivity contribution in [1.82, 2.24) is 5.32 Å². The van der Waals surface area contributed by atoms with Crippen LogP contribution < -0.4 is 11.1 Å². The van der Waals surface area contributed by atoms with E-state index in [1.165, 1.54) is 0 Å². The van der Waals surface area contributed by atoms with Crippen LogP contribution in [-0.4, -0.2) is 18.0 Å². The van der Waals surface area contributed by atoms with Crippen LogP contribution in [0.15, 0.2) is 0 Å². The maximum atomic E-state index is 12.0. The molecule has 4 nitrogen and oxygen atoms in total. The number of carbonyl (C=O) groups is 1. The highest BCUT2D eigenvalue weighted by atomic mass is 16.1. The third-order valence-electron chi connectivity index (χ3n) is 4.17. The van der Waals surface area contributed by atoms with Gasteiger partial charge in [-0.3, -0.25) is 4.79 Å². The predicted molar refractivity (Wildman–Crippen MR) is 71.6 cm³/mol. The van der Waals surface area contributed by atoms with Crippen molar-refractivity contribution in [3.63, 3.8) is 0 Å². The molecule has 0 aliphatic heterocycles. The number of nitrogens with two attached hydrogens (primary N) is 1. The Morgan fingerprint density at radius 2 is 2.06 bits per heavy atom. The fourth-order valence-corrected chi connectivity index (χ4v) is 2.10. The second-order valence-electron chi connectivity index (χ2n) is 6.28. The zero-order chi connectivity index (χ0) is 13.8. The summed E-state index contributed by atoms with van der Waals surface area (Å²) in [6.07, 6.45) is 3.74. The highest BCUT2D eigenvalue weighted by molar-refractivity contribution is 5.78. The Morgan fingerprint density at radius 1 is 1.50 bits per heavy atom. The average Bonchev–Trinajstić information content (AvgIpc) is 2.37. The molecule has 0 radical (unpaired) electrons. The second kappa shape index (κ2) is 5.71. The molecule has 1 saturated carbocycles. The zero-order valence-corrected chi connectivity index (χ0v) is 11.8. The number of nitrogens with one attached hydrogen (secondary N) is 1. The molecule has 3 N–H and O–H groups in total. The number of nitriles is 1. The Hall–Kier alpha value is -1.08. The fraction of sp³-hybridized carbons (Fsp3) is 0.857. The molecule has 0 bridgehead atoms. The van der Waals surface area contributed by atoms with Crippen LogP contribution in [0.25, 0.3) is 0 Å². The summed E-state index contributed by atoms with van der Waals surface area (Å²) >= 11 is 0. The molecule has 1 aliphatic rings. The molecule has 0 atom stereocenters. The molecule has 1 amide bonds. The average molecular weight is 251 g/mol. The summed E-state index contributed by atoms with van der Waals surface area (Å²) in [5.74, 6) is 0.152. The van der Waals surface area contributed by atoms with Gasteiger partial charge in [-0.05, 0) is 37.5 Å². The van der Waals surface area contributed by atoms with Crippen LogP contribution in [0.1, 0.15) is 52.9 Å². The molecule has 0 spiro atoms. The van der Waals surface area contributed by atoms with E-state index in [-0.39, 0.29) is 17.2 Å². The number of carbonyl (C=O) groups excluding carboxylic acids is 1. The largest absolute Gasteiger partial charge is 0.355 e. The minimum atomic E-state index is -0.709. The lowest BCUT2D eigenvalue weighted by molar-refractivity contribution is -0.126. The van der Waals surface area contributed by atoms with E-state index in [4.69, 9.17) is 11.0 Å². The maximum absolute atomic E-state index is 12.0. The summed E-state index contributed by atoms with van der Waals surface area (Å²) in [4.78, 5) is 12.0. The van der Waals surface area contributed by atoms with E-state index in [1.54, 1.807) is 0 Å². The van der Waals surface area contributed by atoms with Crippen molar-refractivity contribution in [1.29, 1.82) is 5.26 Å². The number of hydrogen-bond donors (Lipinski definition) is 2. The standard InChI is InChI=1S/C14H25N3O/c1-4-13(2,3)10-17-12(18)11-5-7-14(16,9-15)8-6-11/h11H,4-8,10,16H2,1-3H3,(H,17,18). The topological polar surface area (TPSA) is 78.9 Å². The van der Waals surface area contributed by atoms with E-state index in [0.717, 1.165) is 19.3 Å². The van der Waals surface area contributed by atoms with Gasteiger partial charge < -0.3 is 11.1 Å². The lowest BCUT2D eigenvalue weighted by Gasteiger charge is -2.32. The summed E-state index contributed by atoms with van der Waals surface area (Å²) < 4.78 is 0. The minimum absolute atomic E-state index is 0.0303. The summed E-state index contributed by atoms with van der Waals surface area (Å²) in [5, 5.41) is 12.0. The van der Waals surface area contributed by atoms with Gasteiger partial charge >= 0.3 is 0 Å². The molecular weight excluding hydrogens is 226 g/mol. The van der Waals surface area contributed by atoms with Crippen molar-refractivity contribution in [2.75, 3.05) is 6.54 Å². The summed E-state index contributed by atoms with van der Waals surface area (Å²) in [6.45, 7) is 7.14. The fourth-order valence-electron chi connectivity index (χ4n) is 2.10. The van der Waals surface area contributed by atoms with Gasteiger partial charge in [-0.2, -0.15) is 5.26 Å². The second-order valence-corrected chi connectivity index (χ2v) is 6.28. The molecule has 0 aromatic carbocycles. The normalized spacial score (nSPS) is 28.5. The van der Waals surface area contributed by atoms with Gasteiger partial charge in [-0.1, -0.05) is 20.8 Å². The summed E-state index contributed by atoms with van der Waals surface area (Å²) in [6, 6.07) is 2.15. The molecule has 0 saturated heterocycles. The number of rotatable bonds is 4. The lowest BCUT2D eigenvalue weighted by atomic mass is 9.77. The van der Waals surface area contributed by atoms with Gasteiger partial charge in [0.1, 0.15) is 5.54 Å². The van der Waals surface area contributed by atoms with Crippen LogP contribution in [0.5, 0.6) is 0 Å². The van der Waals surface area contributed by atoms with Crippen molar-refractivity contribution in [2.24, 2.45) is 17.1 Å². The van der Waals surface area contributed by atoms with Gasteiger partial charge in [0, 0.05) is 12.5 Å². The van der Waals surface area contributed by atoms with Crippen molar-refractivity contribution in [3.05, 3.63) is 0 Å². The quantitative estimate of drug-likeness (QED) is 0.801. The van der Waals surface area contributed by atoms with Gasteiger partial charge in [0.05, 0.1) is 6.07 Å². The van der Waals surface area contributed by atoms with Crippen LogP contribution in [-0.2, 0) is 4.79 Å². The van der Waals surface area contributed by atoms with Crippen LogP contribution >= 0.6 is 0 Å². The smallest absolute Gasteiger partial charge is 0.223 e. The van der Waals surface area contributed by atoms with Crippen LogP contribution in [0.2, 0.25) is 0 Å². The molecular formula is C14H25N3O. The highest BCUT2D eigenvalue weighted by Gasteiger charge is 2.34. The Morgan fingerprint density at radius 3 is 2.50 bits per heavy atom. The van der Waals surface area contributed by atoms with Crippen molar-refractivity contribution in [3.8, 4) is 6.07 Å². The van der Waals surface area contributed by atoms with Crippen LogP contribution in [0, 0.1) is 22.7 Å². The van der Waals surface area contributed by atoms with E-state index in [0.29, 0.717) is 19.4 Å². The minimum Gasteiger partial charge on any atom is -0.355 e. The van der Waals surface area contributed by atoms with Gasteiger partial charge in [0.15, 0.2) is 0 Å². The molecule has 1 aliphatic carbocycles. The third-order valence-corrected chi connectivity index (χ3v) is 4.17. The van der Waals surface area contributed by atoms with Crippen molar-refractivity contribution >= 4 is 5.91 Å². The van der Waals surface area contributed by atoms with Gasteiger partial charge in [0.25, 0.3) is 0 Å². The SMILES string of the molecule is CCC(C)(C)CNC(=O)C1CCC(N)(C#N)CC1. The third kappa shape index (κ3) is 3.99. The van der Waals surface area contributed by atoms with Crippen molar-refractivity contribution in [2.45, 2.75) is 58.4 Å². The van der Waals surface area contributed by atoms with E-state index >= 15 is 0 Å². The Labute approximate surface area is 110 Å². The Balaban J connectivity index is 2.40. The molecule has 0 unspecified atom stereocenters. The monoisotopic (exact) mass is 251 g/mol. The van der Waals surface area contributed by atoms with Crippen molar-refractivity contribution < 1.29 is 4.79 Å². The van der Waals surface area contributed by atoms with Gasteiger partial charge in [0.2, 0.25) is 5.91 Å². The first-order chi connectivity index (χ1) is 8.32. The van der Waals surface area contributed by atoms with E-state index in [2.05, 4.69) is 32.2 Å². The Bertz CT molecular complexity index is 335.